The van der Waals surface area contributed by atoms with Gasteiger partial charge in [-0.25, -0.2) is 0 Å². The minimum absolute atomic E-state index is 0.441. The van der Waals surface area contributed by atoms with Crippen LogP contribution in [0.2, 0.25) is 0 Å². The summed E-state index contributed by atoms with van der Waals surface area (Å²) in [4.78, 5) is 2.64. The predicted molar refractivity (Wildman–Crippen MR) is 79.7 cm³/mol. The first-order valence-corrected chi connectivity index (χ1v) is 7.66. The second kappa shape index (κ2) is 5.39. The lowest BCUT2D eigenvalue weighted by Crippen LogP contribution is -2.13. The van der Waals surface area contributed by atoms with E-state index in [2.05, 4.69) is 54.0 Å². The van der Waals surface area contributed by atoms with Gasteiger partial charge in [0.25, 0.3) is 0 Å². The van der Waals surface area contributed by atoms with Crippen LogP contribution in [-0.4, -0.2) is 16.5 Å². The fourth-order valence-electron chi connectivity index (χ4n) is 3.52. The van der Waals surface area contributed by atoms with Crippen LogP contribution in [0.5, 0.6) is 0 Å². The number of nitrogens with zero attached hydrogens (tertiary/aromatic N) is 1. The molecule has 1 aliphatic carbocycles. The zero-order chi connectivity index (χ0) is 13.1. The number of hydrogen-bond acceptors (Lipinski definition) is 1. The van der Waals surface area contributed by atoms with E-state index in [4.69, 9.17) is 0 Å². The highest BCUT2D eigenvalue weighted by atomic mass is 15.4. The van der Waals surface area contributed by atoms with Gasteiger partial charge in [-0.3, -0.25) is 4.90 Å². The highest BCUT2D eigenvalue weighted by Gasteiger charge is 2.62. The van der Waals surface area contributed by atoms with Gasteiger partial charge in [0, 0.05) is 18.5 Å². The van der Waals surface area contributed by atoms with Crippen LogP contribution < -0.4 is 0 Å². The molecule has 1 heterocycles. The molecule has 0 N–H and O–H groups in total. The van der Waals surface area contributed by atoms with E-state index in [1.807, 2.05) is 0 Å². The molecule has 100 valence electrons. The number of unbranched alkanes of at least 4 members (excludes halogenated alkanes) is 1. The fourth-order valence-corrected chi connectivity index (χ4v) is 3.52. The van der Waals surface area contributed by atoms with E-state index in [0.29, 0.717) is 11.6 Å². The van der Waals surface area contributed by atoms with Gasteiger partial charge in [0.2, 0.25) is 0 Å². The Bertz CT molecular complexity index is 473. The molecule has 0 bridgehead atoms. The van der Waals surface area contributed by atoms with E-state index in [9.17, 15) is 0 Å². The van der Waals surface area contributed by atoms with Crippen LogP contribution in [0.4, 0.5) is 0 Å². The second-order valence-corrected chi connectivity index (χ2v) is 5.90. The molecule has 2 atom stereocenters. The zero-order valence-electron chi connectivity index (χ0n) is 11.9. The third kappa shape index (κ3) is 2.42. The number of benzene rings is 1. The summed E-state index contributed by atoms with van der Waals surface area (Å²) in [5.41, 5.74) is 1.87. The standard InChI is InChI=1S/C18H23N/c1-2-3-5-12-17-18(13-8-9-14-18)19(17)15-16-10-6-4-7-11-16/h4,6-7,10-11,17H,2-3,8-9,13-15H2,1H3. The van der Waals surface area contributed by atoms with Crippen molar-refractivity contribution in [3.05, 3.63) is 35.9 Å². The molecule has 2 fully saturated rings. The van der Waals surface area contributed by atoms with Gasteiger partial charge in [0.05, 0.1) is 6.04 Å². The fraction of sp³-hybridized carbons (Fsp3) is 0.556. The van der Waals surface area contributed by atoms with E-state index in [1.165, 1.54) is 37.7 Å². The van der Waals surface area contributed by atoms with Crippen LogP contribution in [0.25, 0.3) is 0 Å². The topological polar surface area (TPSA) is 3.01 Å². The smallest absolute Gasteiger partial charge is 0.0909 e. The highest BCUT2D eigenvalue weighted by molar-refractivity contribution is 5.33. The lowest BCUT2D eigenvalue weighted by Gasteiger charge is -2.09. The van der Waals surface area contributed by atoms with Gasteiger partial charge in [0.15, 0.2) is 0 Å². The lowest BCUT2D eigenvalue weighted by molar-refractivity contribution is 0.401. The first-order chi connectivity index (χ1) is 9.37. The Morgan fingerprint density at radius 1 is 1.21 bits per heavy atom. The van der Waals surface area contributed by atoms with Gasteiger partial charge >= 0.3 is 0 Å². The summed E-state index contributed by atoms with van der Waals surface area (Å²) >= 11 is 0. The highest BCUT2D eigenvalue weighted by Crippen LogP contribution is 2.53. The minimum atomic E-state index is 0.441. The first-order valence-electron chi connectivity index (χ1n) is 7.66. The van der Waals surface area contributed by atoms with Gasteiger partial charge in [-0.05, 0) is 24.8 Å². The first kappa shape index (κ1) is 12.8. The Morgan fingerprint density at radius 3 is 2.63 bits per heavy atom. The van der Waals surface area contributed by atoms with E-state index in [0.717, 1.165) is 13.0 Å². The Morgan fingerprint density at radius 2 is 1.95 bits per heavy atom. The maximum absolute atomic E-state index is 3.54. The molecule has 1 aliphatic heterocycles. The average Bonchev–Trinajstić information content (AvgIpc) is 2.81. The van der Waals surface area contributed by atoms with Gasteiger partial charge in [-0.1, -0.05) is 56.0 Å². The Hall–Kier alpha value is -1.26. The Kier molecular flexibility index (Phi) is 3.62. The average molecular weight is 253 g/mol. The number of hydrogen-bond donors (Lipinski definition) is 0. The van der Waals surface area contributed by atoms with Gasteiger partial charge < -0.3 is 0 Å². The van der Waals surface area contributed by atoms with Crippen molar-refractivity contribution >= 4 is 0 Å². The van der Waals surface area contributed by atoms with Crippen LogP contribution in [-0.2, 0) is 6.54 Å². The van der Waals surface area contributed by atoms with Crippen molar-refractivity contribution in [2.45, 2.75) is 63.6 Å². The third-order valence-electron chi connectivity index (χ3n) is 4.60. The largest absolute Gasteiger partial charge is 0.276 e. The van der Waals surface area contributed by atoms with Gasteiger partial charge in [-0.15, -0.1) is 5.92 Å². The Labute approximate surface area is 117 Å². The van der Waals surface area contributed by atoms with Crippen molar-refractivity contribution in [2.24, 2.45) is 0 Å². The van der Waals surface area contributed by atoms with Crippen LogP contribution in [0, 0.1) is 11.8 Å². The molecule has 1 saturated carbocycles. The molecule has 0 radical (unpaired) electrons. The maximum atomic E-state index is 3.54. The van der Waals surface area contributed by atoms with Crippen molar-refractivity contribution in [1.29, 1.82) is 0 Å². The molecular weight excluding hydrogens is 230 g/mol. The summed E-state index contributed by atoms with van der Waals surface area (Å²) in [6.07, 6.45) is 7.70. The molecule has 0 aromatic heterocycles. The molecule has 0 amide bonds. The number of rotatable bonds is 3. The molecular formula is C18H23N. The lowest BCUT2D eigenvalue weighted by atomic mass is 10.0. The summed E-state index contributed by atoms with van der Waals surface area (Å²) in [6.45, 7) is 3.28. The van der Waals surface area contributed by atoms with Crippen molar-refractivity contribution in [1.82, 2.24) is 4.90 Å². The van der Waals surface area contributed by atoms with E-state index in [1.54, 1.807) is 0 Å². The van der Waals surface area contributed by atoms with Crippen molar-refractivity contribution in [3.8, 4) is 11.8 Å². The van der Waals surface area contributed by atoms with Crippen LogP contribution in [0.3, 0.4) is 0 Å². The summed E-state index contributed by atoms with van der Waals surface area (Å²) in [5.74, 6) is 6.91. The van der Waals surface area contributed by atoms with E-state index >= 15 is 0 Å². The molecule has 3 rings (SSSR count). The van der Waals surface area contributed by atoms with Gasteiger partial charge in [-0.2, -0.15) is 0 Å². The Balaban J connectivity index is 1.71. The molecule has 2 unspecified atom stereocenters. The van der Waals surface area contributed by atoms with Crippen LogP contribution in [0.15, 0.2) is 30.3 Å². The summed E-state index contributed by atoms with van der Waals surface area (Å²) in [7, 11) is 0. The molecule has 1 heteroatoms. The molecule has 1 aromatic rings. The molecule has 1 nitrogen and oxygen atoms in total. The normalized spacial score (nSPS) is 27.0. The van der Waals surface area contributed by atoms with E-state index < -0.39 is 0 Å². The van der Waals surface area contributed by atoms with Gasteiger partial charge in [0.1, 0.15) is 0 Å². The molecule has 19 heavy (non-hydrogen) atoms. The van der Waals surface area contributed by atoms with Crippen molar-refractivity contribution in [3.63, 3.8) is 0 Å². The summed E-state index contributed by atoms with van der Waals surface area (Å²) < 4.78 is 0. The molecule has 2 aliphatic rings. The minimum Gasteiger partial charge on any atom is -0.276 e. The SMILES string of the molecule is CCCC#CC1N(Cc2ccccc2)C12CCCC2. The summed E-state index contributed by atoms with van der Waals surface area (Å²) in [5, 5.41) is 0. The second-order valence-electron chi connectivity index (χ2n) is 5.90. The zero-order valence-corrected chi connectivity index (χ0v) is 11.9. The van der Waals surface area contributed by atoms with Crippen molar-refractivity contribution < 1.29 is 0 Å². The monoisotopic (exact) mass is 253 g/mol. The van der Waals surface area contributed by atoms with Crippen LogP contribution >= 0.6 is 0 Å². The third-order valence-corrected chi connectivity index (χ3v) is 4.60. The quantitative estimate of drug-likeness (QED) is 0.581. The van der Waals surface area contributed by atoms with E-state index in [-0.39, 0.29) is 0 Å². The predicted octanol–water partition coefficient (Wildman–Crippen LogP) is 3.99. The maximum Gasteiger partial charge on any atom is 0.0909 e. The molecule has 1 spiro atoms. The molecule has 1 saturated heterocycles. The summed E-state index contributed by atoms with van der Waals surface area (Å²) in [6, 6.07) is 11.4. The van der Waals surface area contributed by atoms with Crippen LogP contribution in [0.1, 0.15) is 51.0 Å². The van der Waals surface area contributed by atoms with Crippen molar-refractivity contribution in [2.75, 3.05) is 0 Å². The molecule has 1 aromatic carbocycles.